The highest BCUT2D eigenvalue weighted by Crippen LogP contribution is 2.31. The monoisotopic (exact) mass is 494 g/mol. The molecule has 1 aromatic heterocycles. The van der Waals surface area contributed by atoms with E-state index in [2.05, 4.69) is 31.4 Å². The Bertz CT molecular complexity index is 1200. The smallest absolute Gasteiger partial charge is 0.234 e. The van der Waals surface area contributed by atoms with Gasteiger partial charge in [-0.3, -0.25) is 9.36 Å². The van der Waals surface area contributed by atoms with Crippen LogP contribution in [0.25, 0.3) is 11.4 Å². The van der Waals surface area contributed by atoms with Crippen LogP contribution in [0.1, 0.15) is 5.56 Å². The number of amides is 1. The number of aromatic nitrogens is 3. The van der Waals surface area contributed by atoms with Gasteiger partial charge in [-0.25, -0.2) is 0 Å². The van der Waals surface area contributed by atoms with Crippen LogP contribution in [0.15, 0.2) is 88.5 Å². The van der Waals surface area contributed by atoms with E-state index in [0.29, 0.717) is 28.8 Å². The van der Waals surface area contributed by atoms with Crippen molar-refractivity contribution in [3.8, 4) is 17.1 Å². The Balaban J connectivity index is 1.57. The fourth-order valence-corrected chi connectivity index (χ4v) is 4.17. The average Bonchev–Trinajstić information content (AvgIpc) is 3.17. The Hall–Kier alpha value is -3.10. The van der Waals surface area contributed by atoms with Crippen molar-refractivity contribution in [2.75, 3.05) is 11.1 Å². The summed E-state index contributed by atoms with van der Waals surface area (Å²) in [5.74, 6) is 0.716. The van der Waals surface area contributed by atoms with Gasteiger partial charge in [-0.2, -0.15) is 0 Å². The molecule has 31 heavy (non-hydrogen) atoms. The van der Waals surface area contributed by atoms with Crippen LogP contribution in [-0.2, 0) is 11.3 Å². The number of para-hydroxylation sites is 2. The second kappa shape index (κ2) is 9.80. The number of aromatic hydroxyl groups is 1. The molecule has 0 unspecified atom stereocenters. The van der Waals surface area contributed by atoms with Gasteiger partial charge in [-0.1, -0.05) is 66.4 Å². The minimum absolute atomic E-state index is 0.132. The normalized spacial score (nSPS) is 10.7. The Labute approximate surface area is 192 Å². The quantitative estimate of drug-likeness (QED) is 0.345. The van der Waals surface area contributed by atoms with Crippen molar-refractivity contribution in [3.05, 3.63) is 88.9 Å². The third kappa shape index (κ3) is 5.15. The van der Waals surface area contributed by atoms with Gasteiger partial charge in [0.25, 0.3) is 0 Å². The summed E-state index contributed by atoms with van der Waals surface area (Å²) < 4.78 is 2.74. The highest BCUT2D eigenvalue weighted by molar-refractivity contribution is 9.10. The number of nitrogens with one attached hydrogen (secondary N) is 1. The molecule has 0 atom stereocenters. The Morgan fingerprint density at radius 3 is 2.45 bits per heavy atom. The molecule has 0 saturated heterocycles. The zero-order valence-electron chi connectivity index (χ0n) is 16.4. The van der Waals surface area contributed by atoms with E-state index in [1.165, 1.54) is 11.8 Å². The van der Waals surface area contributed by atoms with E-state index >= 15 is 0 Å². The van der Waals surface area contributed by atoms with Crippen molar-refractivity contribution >= 4 is 39.3 Å². The van der Waals surface area contributed by atoms with Crippen LogP contribution < -0.4 is 5.32 Å². The summed E-state index contributed by atoms with van der Waals surface area (Å²) in [6, 6.07) is 24.4. The molecule has 6 nitrogen and oxygen atoms in total. The maximum Gasteiger partial charge on any atom is 0.234 e. The number of phenolic OH excluding ortho intramolecular Hbond substituents is 1. The first-order valence-corrected chi connectivity index (χ1v) is 11.3. The predicted molar refractivity (Wildman–Crippen MR) is 126 cm³/mol. The number of carbonyl (C=O) groups excluding carboxylic acids is 1. The van der Waals surface area contributed by atoms with E-state index in [0.717, 1.165) is 10.0 Å². The number of halogens is 1. The summed E-state index contributed by atoms with van der Waals surface area (Å²) in [6.07, 6.45) is 0. The van der Waals surface area contributed by atoms with Crippen LogP contribution in [0.4, 0.5) is 5.69 Å². The summed E-state index contributed by atoms with van der Waals surface area (Å²) in [4.78, 5) is 12.5. The SMILES string of the molecule is O=C(CSc1nnc(-c2ccccc2O)n1Cc1ccccc1)Nc1ccccc1Br. The average molecular weight is 495 g/mol. The molecule has 156 valence electrons. The Morgan fingerprint density at radius 1 is 0.968 bits per heavy atom. The molecule has 4 aromatic rings. The Morgan fingerprint density at radius 2 is 1.68 bits per heavy atom. The van der Waals surface area contributed by atoms with Crippen LogP contribution >= 0.6 is 27.7 Å². The van der Waals surface area contributed by atoms with Crippen LogP contribution in [-0.4, -0.2) is 31.5 Å². The number of hydrogen-bond acceptors (Lipinski definition) is 5. The van der Waals surface area contributed by atoms with Crippen molar-refractivity contribution in [1.29, 1.82) is 0 Å². The van der Waals surface area contributed by atoms with Crippen LogP contribution in [0.2, 0.25) is 0 Å². The summed E-state index contributed by atoms with van der Waals surface area (Å²) in [5, 5.41) is 22.4. The molecule has 0 fully saturated rings. The van der Waals surface area contributed by atoms with Gasteiger partial charge in [0.1, 0.15) is 5.75 Å². The minimum atomic E-state index is -0.143. The second-order valence-corrected chi connectivity index (χ2v) is 8.51. The summed E-state index contributed by atoms with van der Waals surface area (Å²) in [6.45, 7) is 0.520. The molecule has 0 spiro atoms. The largest absolute Gasteiger partial charge is 0.507 e. The molecular weight excluding hydrogens is 476 g/mol. The van der Waals surface area contributed by atoms with E-state index in [1.54, 1.807) is 18.2 Å². The topological polar surface area (TPSA) is 80.0 Å². The fraction of sp³-hybridized carbons (Fsp3) is 0.0870. The molecule has 0 radical (unpaired) electrons. The lowest BCUT2D eigenvalue weighted by atomic mass is 10.1. The van der Waals surface area contributed by atoms with Crippen molar-refractivity contribution in [3.63, 3.8) is 0 Å². The Kier molecular flexibility index (Phi) is 6.69. The van der Waals surface area contributed by atoms with Crippen molar-refractivity contribution in [2.24, 2.45) is 0 Å². The standard InChI is InChI=1S/C23H19BrN4O2S/c24-18-11-5-6-12-19(18)25-21(30)15-31-23-27-26-22(17-10-4-7-13-20(17)29)28(23)14-16-8-2-1-3-9-16/h1-13,29H,14-15H2,(H,25,30). The van der Waals surface area contributed by atoms with Gasteiger partial charge < -0.3 is 10.4 Å². The molecule has 4 rings (SSSR count). The zero-order chi connectivity index (χ0) is 21.6. The van der Waals surface area contributed by atoms with Crippen LogP contribution in [0.3, 0.4) is 0 Å². The maximum absolute atomic E-state index is 12.5. The van der Waals surface area contributed by atoms with Gasteiger partial charge in [-0.15, -0.1) is 10.2 Å². The lowest BCUT2D eigenvalue weighted by Gasteiger charge is -2.11. The van der Waals surface area contributed by atoms with Gasteiger partial charge in [-0.05, 0) is 45.8 Å². The minimum Gasteiger partial charge on any atom is -0.507 e. The third-order valence-corrected chi connectivity index (χ3v) is 6.18. The highest BCUT2D eigenvalue weighted by Gasteiger charge is 2.18. The first kappa shape index (κ1) is 21.1. The van der Waals surface area contributed by atoms with Gasteiger partial charge >= 0.3 is 0 Å². The van der Waals surface area contributed by atoms with Gasteiger partial charge in [0.2, 0.25) is 5.91 Å². The van der Waals surface area contributed by atoms with Gasteiger partial charge in [0.15, 0.2) is 11.0 Å². The number of carbonyl (C=O) groups is 1. The molecule has 2 N–H and O–H groups in total. The molecular formula is C23H19BrN4O2S. The van der Waals surface area contributed by atoms with Crippen molar-refractivity contribution in [2.45, 2.75) is 11.7 Å². The molecule has 0 aliphatic carbocycles. The lowest BCUT2D eigenvalue weighted by Crippen LogP contribution is -2.15. The highest BCUT2D eigenvalue weighted by atomic mass is 79.9. The van der Waals surface area contributed by atoms with E-state index in [4.69, 9.17) is 0 Å². The fourth-order valence-electron chi connectivity index (χ4n) is 3.04. The number of phenols is 1. The first-order valence-electron chi connectivity index (χ1n) is 9.54. The van der Waals surface area contributed by atoms with E-state index in [-0.39, 0.29) is 17.4 Å². The number of benzene rings is 3. The number of rotatable bonds is 7. The van der Waals surface area contributed by atoms with Crippen LogP contribution in [0.5, 0.6) is 5.75 Å². The predicted octanol–water partition coefficient (Wildman–Crippen LogP) is 5.19. The molecule has 0 aliphatic rings. The number of hydrogen-bond donors (Lipinski definition) is 2. The summed E-state index contributed by atoms with van der Waals surface area (Å²) >= 11 is 4.74. The number of thioether (sulfide) groups is 1. The molecule has 8 heteroatoms. The summed E-state index contributed by atoms with van der Waals surface area (Å²) in [7, 11) is 0. The van der Waals surface area contributed by atoms with Gasteiger partial charge in [0, 0.05) is 4.47 Å². The van der Waals surface area contributed by atoms with Gasteiger partial charge in [0.05, 0.1) is 23.5 Å². The van der Waals surface area contributed by atoms with Crippen molar-refractivity contribution in [1.82, 2.24) is 14.8 Å². The number of anilines is 1. The van der Waals surface area contributed by atoms with Crippen LogP contribution in [0, 0.1) is 0 Å². The van der Waals surface area contributed by atoms with E-state index in [9.17, 15) is 9.90 Å². The second-order valence-electron chi connectivity index (χ2n) is 6.71. The third-order valence-electron chi connectivity index (χ3n) is 4.53. The molecule has 1 heterocycles. The zero-order valence-corrected chi connectivity index (χ0v) is 18.8. The summed E-state index contributed by atoms with van der Waals surface area (Å²) in [5.41, 5.74) is 2.38. The lowest BCUT2D eigenvalue weighted by molar-refractivity contribution is -0.113. The van der Waals surface area contributed by atoms with E-state index in [1.807, 2.05) is 65.2 Å². The van der Waals surface area contributed by atoms with Crippen molar-refractivity contribution < 1.29 is 9.90 Å². The molecule has 0 bridgehead atoms. The first-order chi connectivity index (χ1) is 15.1. The molecule has 1 amide bonds. The maximum atomic E-state index is 12.5. The molecule has 0 saturated carbocycles. The number of nitrogens with zero attached hydrogens (tertiary/aromatic N) is 3. The molecule has 0 aliphatic heterocycles. The molecule has 3 aromatic carbocycles. The van der Waals surface area contributed by atoms with E-state index < -0.39 is 0 Å².